The number of hydrogen-bond acceptors (Lipinski definition) is 3. The summed E-state index contributed by atoms with van der Waals surface area (Å²) in [7, 11) is 0. The van der Waals surface area contributed by atoms with Crippen molar-refractivity contribution in [3.05, 3.63) is 106 Å². The molecule has 0 saturated heterocycles. The average molecular weight is 383 g/mol. The van der Waals surface area contributed by atoms with Crippen LogP contribution in [0.5, 0.6) is 5.75 Å². The van der Waals surface area contributed by atoms with Crippen LogP contribution in [-0.4, -0.2) is 11.6 Å². The van der Waals surface area contributed by atoms with Crippen LogP contribution in [0.15, 0.2) is 72.8 Å². The highest BCUT2D eigenvalue weighted by atomic mass is 16.5. The highest BCUT2D eigenvalue weighted by molar-refractivity contribution is 5.97. The highest BCUT2D eigenvalue weighted by Crippen LogP contribution is 2.24. The molecule has 0 fully saturated rings. The number of carbonyl (C=O) groups excluding carboxylic acids is 2. The van der Waals surface area contributed by atoms with Crippen LogP contribution in [0.1, 0.15) is 51.8 Å². The standard InChI is InChI=1S/C25H21NO3/c1-17(27)20-9-11-21(12-10-20)18(2)29-24-6-4-5-22(16-24)25(28)15-19-7-13-23(26-3)14-8-19/h4-14,16,18H,15H2,1-2H3/t18-/m1/s1. The Kier molecular flexibility index (Phi) is 6.21. The Labute approximate surface area is 170 Å². The van der Waals surface area contributed by atoms with Gasteiger partial charge in [-0.25, -0.2) is 4.85 Å². The van der Waals surface area contributed by atoms with Gasteiger partial charge >= 0.3 is 0 Å². The fourth-order valence-electron chi connectivity index (χ4n) is 2.98. The predicted octanol–water partition coefficient (Wildman–Crippen LogP) is 6.01. The maximum absolute atomic E-state index is 12.6. The third-order valence-corrected chi connectivity index (χ3v) is 4.69. The Morgan fingerprint density at radius 3 is 2.28 bits per heavy atom. The first-order valence-corrected chi connectivity index (χ1v) is 9.33. The van der Waals surface area contributed by atoms with Crippen LogP contribution in [0.25, 0.3) is 4.85 Å². The molecule has 0 N–H and O–H groups in total. The molecule has 0 amide bonds. The summed E-state index contributed by atoms with van der Waals surface area (Å²) in [4.78, 5) is 27.4. The molecule has 4 nitrogen and oxygen atoms in total. The van der Waals surface area contributed by atoms with Gasteiger partial charge in [-0.1, -0.05) is 60.7 Å². The second-order valence-corrected chi connectivity index (χ2v) is 6.84. The van der Waals surface area contributed by atoms with Crippen molar-refractivity contribution >= 4 is 17.3 Å². The van der Waals surface area contributed by atoms with Crippen LogP contribution in [-0.2, 0) is 6.42 Å². The summed E-state index contributed by atoms with van der Waals surface area (Å²) >= 11 is 0. The normalized spacial score (nSPS) is 11.3. The molecular weight excluding hydrogens is 362 g/mol. The van der Waals surface area contributed by atoms with Crippen molar-refractivity contribution in [1.82, 2.24) is 0 Å². The van der Waals surface area contributed by atoms with Gasteiger partial charge in [0.1, 0.15) is 11.9 Å². The van der Waals surface area contributed by atoms with Gasteiger partial charge in [0.05, 0.1) is 6.57 Å². The van der Waals surface area contributed by atoms with E-state index in [-0.39, 0.29) is 24.1 Å². The fourth-order valence-corrected chi connectivity index (χ4v) is 2.98. The van der Waals surface area contributed by atoms with E-state index in [4.69, 9.17) is 11.3 Å². The molecule has 0 radical (unpaired) electrons. The average Bonchev–Trinajstić information content (AvgIpc) is 2.74. The summed E-state index contributed by atoms with van der Waals surface area (Å²) in [6.07, 6.45) is 0.0478. The van der Waals surface area contributed by atoms with E-state index in [1.54, 1.807) is 54.6 Å². The van der Waals surface area contributed by atoms with Gasteiger partial charge < -0.3 is 4.74 Å². The number of rotatable bonds is 7. The molecule has 0 spiro atoms. The smallest absolute Gasteiger partial charge is 0.187 e. The molecule has 4 heteroatoms. The Morgan fingerprint density at radius 1 is 0.966 bits per heavy atom. The lowest BCUT2D eigenvalue weighted by Crippen LogP contribution is -2.06. The lowest BCUT2D eigenvalue weighted by molar-refractivity contribution is 0.0989. The first-order valence-electron chi connectivity index (χ1n) is 9.33. The summed E-state index contributed by atoms with van der Waals surface area (Å²) in [6, 6.07) is 21.5. The Hall–Kier alpha value is -3.71. The van der Waals surface area contributed by atoms with Crippen molar-refractivity contribution in [2.45, 2.75) is 26.4 Å². The molecule has 0 unspecified atom stereocenters. The largest absolute Gasteiger partial charge is 0.486 e. The third kappa shape index (κ3) is 5.18. The fraction of sp³-hybridized carbons (Fsp3) is 0.160. The van der Waals surface area contributed by atoms with E-state index in [0.29, 0.717) is 22.6 Å². The maximum atomic E-state index is 12.6. The Balaban J connectivity index is 1.68. The van der Waals surface area contributed by atoms with Gasteiger partial charge in [-0.3, -0.25) is 9.59 Å². The van der Waals surface area contributed by atoms with E-state index in [2.05, 4.69) is 4.85 Å². The van der Waals surface area contributed by atoms with Crippen molar-refractivity contribution in [2.24, 2.45) is 0 Å². The van der Waals surface area contributed by atoms with Crippen LogP contribution in [0.2, 0.25) is 0 Å². The second-order valence-electron chi connectivity index (χ2n) is 6.84. The number of Topliss-reactive ketones (excluding diaryl/α,β-unsaturated/α-hetero) is 2. The van der Waals surface area contributed by atoms with Crippen LogP contribution in [0.4, 0.5) is 5.69 Å². The summed E-state index contributed by atoms with van der Waals surface area (Å²) in [5.41, 5.74) is 3.62. The Morgan fingerprint density at radius 2 is 1.66 bits per heavy atom. The SMILES string of the molecule is [C-]#[N+]c1ccc(CC(=O)c2cccc(O[C@H](C)c3ccc(C(C)=O)cc3)c2)cc1. The quantitative estimate of drug-likeness (QED) is 0.371. The number of ether oxygens (including phenoxy) is 1. The monoisotopic (exact) mass is 383 g/mol. The molecule has 0 aromatic heterocycles. The van der Waals surface area contributed by atoms with E-state index < -0.39 is 0 Å². The molecular formula is C25H21NO3. The van der Waals surface area contributed by atoms with Gasteiger partial charge in [0, 0.05) is 17.5 Å². The molecule has 0 bridgehead atoms. The van der Waals surface area contributed by atoms with Gasteiger partial charge in [0.25, 0.3) is 0 Å². The zero-order valence-electron chi connectivity index (χ0n) is 16.4. The van der Waals surface area contributed by atoms with Crippen LogP contribution in [0.3, 0.4) is 0 Å². The zero-order valence-corrected chi connectivity index (χ0v) is 16.4. The predicted molar refractivity (Wildman–Crippen MR) is 113 cm³/mol. The van der Waals surface area contributed by atoms with Crippen molar-refractivity contribution in [1.29, 1.82) is 0 Å². The first-order chi connectivity index (χ1) is 14.0. The lowest BCUT2D eigenvalue weighted by Gasteiger charge is -2.16. The molecule has 3 aromatic rings. The molecule has 0 aliphatic carbocycles. The number of ketones is 2. The van der Waals surface area contributed by atoms with Crippen molar-refractivity contribution in [3.63, 3.8) is 0 Å². The Bertz CT molecular complexity index is 1060. The minimum atomic E-state index is -0.220. The lowest BCUT2D eigenvalue weighted by atomic mass is 10.0. The van der Waals surface area contributed by atoms with E-state index in [9.17, 15) is 9.59 Å². The summed E-state index contributed by atoms with van der Waals surface area (Å²) in [5, 5.41) is 0. The van der Waals surface area contributed by atoms with Crippen molar-refractivity contribution < 1.29 is 14.3 Å². The van der Waals surface area contributed by atoms with Crippen molar-refractivity contribution in [2.75, 3.05) is 0 Å². The number of carbonyl (C=O) groups is 2. The highest BCUT2D eigenvalue weighted by Gasteiger charge is 2.12. The van der Waals surface area contributed by atoms with Crippen molar-refractivity contribution in [3.8, 4) is 5.75 Å². The summed E-state index contributed by atoms with van der Waals surface area (Å²) in [6.45, 7) is 10.5. The molecule has 0 heterocycles. The van der Waals surface area contributed by atoms with Gasteiger partial charge in [-0.2, -0.15) is 0 Å². The van der Waals surface area contributed by atoms with Crippen LogP contribution >= 0.6 is 0 Å². The van der Waals surface area contributed by atoms with Crippen LogP contribution < -0.4 is 4.74 Å². The molecule has 29 heavy (non-hydrogen) atoms. The maximum Gasteiger partial charge on any atom is 0.187 e. The van der Waals surface area contributed by atoms with Gasteiger partial charge in [0.2, 0.25) is 0 Å². The molecule has 0 saturated carbocycles. The van der Waals surface area contributed by atoms with E-state index >= 15 is 0 Å². The zero-order chi connectivity index (χ0) is 20.8. The van der Waals surface area contributed by atoms with E-state index in [0.717, 1.165) is 11.1 Å². The molecule has 3 aromatic carbocycles. The van der Waals surface area contributed by atoms with E-state index in [1.165, 1.54) is 6.92 Å². The third-order valence-electron chi connectivity index (χ3n) is 4.69. The topological polar surface area (TPSA) is 47.7 Å². The van der Waals surface area contributed by atoms with Gasteiger partial charge in [-0.15, -0.1) is 0 Å². The number of hydrogen-bond donors (Lipinski definition) is 0. The van der Waals surface area contributed by atoms with Gasteiger partial charge in [0.15, 0.2) is 17.3 Å². The molecule has 3 rings (SSSR count). The second kappa shape index (κ2) is 8.99. The molecule has 1 atom stereocenters. The minimum absolute atomic E-state index is 0.00974. The summed E-state index contributed by atoms with van der Waals surface area (Å²) < 4.78 is 6.00. The van der Waals surface area contributed by atoms with E-state index in [1.807, 2.05) is 25.1 Å². The number of nitrogens with zero attached hydrogens (tertiary/aromatic N) is 1. The minimum Gasteiger partial charge on any atom is -0.486 e. The van der Waals surface area contributed by atoms with Crippen LogP contribution in [0, 0.1) is 6.57 Å². The molecule has 144 valence electrons. The first kappa shape index (κ1) is 20.0. The molecule has 0 aliphatic rings. The summed E-state index contributed by atoms with van der Waals surface area (Å²) in [5.74, 6) is 0.631. The molecule has 0 aliphatic heterocycles. The number of benzene rings is 3. The van der Waals surface area contributed by atoms with Gasteiger partial charge in [-0.05, 0) is 37.1 Å².